The molecule has 0 spiro atoms. The van der Waals surface area contributed by atoms with Gasteiger partial charge in [0.2, 0.25) is 5.78 Å². The third kappa shape index (κ3) is 13.5. The Bertz CT molecular complexity index is 795. The highest BCUT2D eigenvalue weighted by atomic mass is 16.1. The lowest BCUT2D eigenvalue weighted by atomic mass is 9.92. The van der Waals surface area contributed by atoms with Gasteiger partial charge in [-0.15, -0.1) is 0 Å². The van der Waals surface area contributed by atoms with Crippen LogP contribution in [-0.4, -0.2) is 24.6 Å². The molecular formula is C34H56N2O. The average Bonchev–Trinajstić information content (AvgIpc) is 2.92. The summed E-state index contributed by atoms with van der Waals surface area (Å²) in [6.45, 7) is 6.26. The van der Waals surface area contributed by atoms with Crippen molar-refractivity contribution in [3.8, 4) is 0 Å². The molecule has 1 N–H and O–H groups in total. The second kappa shape index (κ2) is 21.1. The third-order valence-electron chi connectivity index (χ3n) is 7.61. The fourth-order valence-electron chi connectivity index (χ4n) is 5.23. The molecule has 37 heavy (non-hydrogen) atoms. The van der Waals surface area contributed by atoms with Gasteiger partial charge in [-0.3, -0.25) is 9.79 Å². The number of nitrogens with zero attached hydrogens (tertiary/aromatic N) is 1. The van der Waals surface area contributed by atoms with Crippen LogP contribution in [0, 0.1) is 0 Å². The predicted octanol–water partition coefficient (Wildman–Crippen LogP) is 9.99. The highest BCUT2D eigenvalue weighted by Crippen LogP contribution is 2.21. The van der Waals surface area contributed by atoms with Crippen LogP contribution in [0.2, 0.25) is 0 Å². The number of hydrogen-bond donors (Lipinski definition) is 1. The molecule has 1 aliphatic carbocycles. The van der Waals surface area contributed by atoms with Gasteiger partial charge in [-0.1, -0.05) is 154 Å². The van der Waals surface area contributed by atoms with Crippen LogP contribution < -0.4 is 5.32 Å². The summed E-state index contributed by atoms with van der Waals surface area (Å²) in [5.74, 6) is 0.112. The minimum atomic E-state index is 0.112. The minimum absolute atomic E-state index is 0.112. The number of ketones is 1. The van der Waals surface area contributed by atoms with Crippen LogP contribution in [-0.2, 0) is 0 Å². The van der Waals surface area contributed by atoms with Gasteiger partial charge >= 0.3 is 0 Å². The van der Waals surface area contributed by atoms with Crippen molar-refractivity contribution in [3.05, 3.63) is 47.2 Å². The fourth-order valence-corrected chi connectivity index (χ4v) is 5.23. The maximum Gasteiger partial charge on any atom is 0.209 e. The first-order valence-corrected chi connectivity index (χ1v) is 15.9. The molecule has 208 valence electrons. The molecule has 2 rings (SSSR count). The van der Waals surface area contributed by atoms with Gasteiger partial charge in [0.25, 0.3) is 0 Å². The van der Waals surface area contributed by atoms with E-state index < -0.39 is 0 Å². The fraction of sp³-hybridized carbons (Fsp3) is 0.706. The van der Waals surface area contributed by atoms with E-state index in [0.29, 0.717) is 0 Å². The lowest BCUT2D eigenvalue weighted by molar-refractivity contribution is 0.102. The van der Waals surface area contributed by atoms with Crippen LogP contribution in [0.25, 0.3) is 0 Å². The van der Waals surface area contributed by atoms with Crippen LogP contribution in [0.5, 0.6) is 0 Å². The van der Waals surface area contributed by atoms with Crippen LogP contribution in [0.1, 0.15) is 158 Å². The van der Waals surface area contributed by atoms with Crippen molar-refractivity contribution in [3.63, 3.8) is 0 Å². The van der Waals surface area contributed by atoms with E-state index in [1.807, 2.05) is 30.3 Å². The monoisotopic (exact) mass is 508 g/mol. The smallest absolute Gasteiger partial charge is 0.209 e. The summed E-state index contributed by atoms with van der Waals surface area (Å²) in [6.07, 6.45) is 28.6. The standard InChI is InChI=1S/C34H56N2O/c1-3-5-7-9-11-13-15-17-19-23-27-35-32-29-33(34(37)31-26-22-21-25-30(31)32)36-28-24-20-18-16-14-12-10-8-6-4-2/h21-22,25-26,29,36H,3-20,23-24,27-28H2,1-2H3. The zero-order valence-corrected chi connectivity index (χ0v) is 24.3. The van der Waals surface area contributed by atoms with Gasteiger partial charge in [-0.05, 0) is 18.9 Å². The number of allylic oxidation sites excluding steroid dienone is 2. The largest absolute Gasteiger partial charge is 0.382 e. The molecule has 0 aliphatic heterocycles. The van der Waals surface area contributed by atoms with Crippen molar-refractivity contribution in [1.29, 1.82) is 0 Å². The molecule has 3 nitrogen and oxygen atoms in total. The average molecular weight is 509 g/mol. The maximum atomic E-state index is 13.0. The van der Waals surface area contributed by atoms with E-state index in [0.717, 1.165) is 48.5 Å². The zero-order chi connectivity index (χ0) is 26.4. The number of nitrogens with one attached hydrogen (secondary N) is 1. The highest BCUT2D eigenvalue weighted by Gasteiger charge is 2.23. The lowest BCUT2D eigenvalue weighted by Gasteiger charge is -2.19. The van der Waals surface area contributed by atoms with E-state index in [1.54, 1.807) is 0 Å². The van der Waals surface area contributed by atoms with Crippen LogP contribution in [0.4, 0.5) is 0 Å². The minimum Gasteiger partial charge on any atom is -0.382 e. The van der Waals surface area contributed by atoms with Gasteiger partial charge in [-0.2, -0.15) is 0 Å². The highest BCUT2D eigenvalue weighted by molar-refractivity contribution is 6.25. The Hall–Kier alpha value is -1.90. The van der Waals surface area contributed by atoms with Crippen molar-refractivity contribution in [2.45, 2.75) is 142 Å². The summed E-state index contributed by atoms with van der Waals surface area (Å²) in [5.41, 5.74) is 3.47. The molecule has 1 aromatic rings. The molecule has 0 bridgehead atoms. The molecule has 0 heterocycles. The second-order valence-electron chi connectivity index (χ2n) is 11.0. The van der Waals surface area contributed by atoms with Gasteiger partial charge in [0.15, 0.2) is 0 Å². The number of hydrogen-bond acceptors (Lipinski definition) is 3. The van der Waals surface area contributed by atoms with E-state index in [9.17, 15) is 4.79 Å². The molecule has 1 aliphatic rings. The van der Waals surface area contributed by atoms with Crippen molar-refractivity contribution in [2.75, 3.05) is 13.1 Å². The number of benzene rings is 1. The Morgan fingerprint density at radius 1 is 0.595 bits per heavy atom. The van der Waals surface area contributed by atoms with Gasteiger partial charge in [0.05, 0.1) is 11.4 Å². The molecule has 0 fully saturated rings. The van der Waals surface area contributed by atoms with Crippen molar-refractivity contribution >= 4 is 11.5 Å². The molecule has 1 aromatic carbocycles. The number of unbranched alkanes of at least 4 members (excludes halogenated alkanes) is 18. The van der Waals surface area contributed by atoms with E-state index >= 15 is 0 Å². The molecule has 0 saturated carbocycles. The SMILES string of the molecule is CCCCCCCCCCCCN=C1C=C(NCCCCCCCCCCCC)C(=O)c2ccccc21. The molecule has 0 amide bonds. The van der Waals surface area contributed by atoms with Crippen molar-refractivity contribution in [2.24, 2.45) is 4.99 Å². The number of aliphatic imine (C=N–C) groups is 1. The van der Waals surface area contributed by atoms with Crippen molar-refractivity contribution in [1.82, 2.24) is 5.32 Å². The van der Waals surface area contributed by atoms with E-state index in [-0.39, 0.29) is 5.78 Å². The van der Waals surface area contributed by atoms with E-state index in [2.05, 4.69) is 19.2 Å². The quantitative estimate of drug-likeness (QED) is 0.149. The third-order valence-corrected chi connectivity index (χ3v) is 7.61. The topological polar surface area (TPSA) is 41.5 Å². The Morgan fingerprint density at radius 2 is 1.05 bits per heavy atom. The molecule has 3 heteroatoms. The Morgan fingerprint density at radius 3 is 1.59 bits per heavy atom. The Balaban J connectivity index is 1.68. The van der Waals surface area contributed by atoms with Gasteiger partial charge < -0.3 is 5.32 Å². The normalized spacial score (nSPS) is 14.2. The summed E-state index contributed by atoms with van der Waals surface area (Å²) >= 11 is 0. The van der Waals surface area contributed by atoms with Crippen molar-refractivity contribution < 1.29 is 4.79 Å². The maximum absolute atomic E-state index is 13.0. The van der Waals surface area contributed by atoms with E-state index in [4.69, 9.17) is 4.99 Å². The second-order valence-corrected chi connectivity index (χ2v) is 11.0. The summed E-state index contributed by atoms with van der Waals surface area (Å²) in [6, 6.07) is 7.96. The Kier molecular flexibility index (Phi) is 17.8. The summed E-state index contributed by atoms with van der Waals surface area (Å²) in [4.78, 5) is 18.0. The first-order chi connectivity index (χ1) is 18.3. The number of rotatable bonds is 23. The van der Waals surface area contributed by atoms with Gasteiger partial charge in [-0.25, -0.2) is 0 Å². The first kappa shape index (κ1) is 31.3. The van der Waals surface area contributed by atoms with Crippen LogP contribution in [0.3, 0.4) is 0 Å². The molecule has 0 radical (unpaired) electrons. The van der Waals surface area contributed by atoms with E-state index in [1.165, 1.54) is 116 Å². The van der Waals surface area contributed by atoms with Gasteiger partial charge in [0.1, 0.15) is 0 Å². The van der Waals surface area contributed by atoms with Crippen LogP contribution >= 0.6 is 0 Å². The number of Topliss-reactive ketones (excluding diaryl/α,β-unsaturated/α-hetero) is 1. The van der Waals surface area contributed by atoms with Gasteiger partial charge in [0, 0.05) is 24.2 Å². The first-order valence-electron chi connectivity index (χ1n) is 15.9. The lowest BCUT2D eigenvalue weighted by Crippen LogP contribution is -2.27. The molecule has 0 saturated heterocycles. The molecule has 0 unspecified atom stereocenters. The Labute approximate surface area is 229 Å². The number of fused-ring (bicyclic) bond motifs is 1. The van der Waals surface area contributed by atoms with Crippen LogP contribution in [0.15, 0.2) is 41.0 Å². The molecule has 0 atom stereocenters. The molecule has 0 aromatic heterocycles. The summed E-state index contributed by atoms with van der Waals surface area (Å²) in [7, 11) is 0. The predicted molar refractivity (Wildman–Crippen MR) is 162 cm³/mol. The molecular weight excluding hydrogens is 452 g/mol. The summed E-state index contributed by atoms with van der Waals surface area (Å²) in [5, 5.41) is 3.44. The zero-order valence-electron chi connectivity index (χ0n) is 24.3. The number of carbonyl (C=O) groups excluding carboxylic acids is 1. The summed E-state index contributed by atoms with van der Waals surface area (Å²) < 4.78 is 0. The number of carbonyl (C=O) groups is 1.